The van der Waals surface area contributed by atoms with Crippen LogP contribution in [0.4, 0.5) is 0 Å². The predicted molar refractivity (Wildman–Crippen MR) is 81.4 cm³/mol. The van der Waals surface area contributed by atoms with Crippen LogP contribution in [0.25, 0.3) is 6.08 Å². The first-order valence-corrected chi connectivity index (χ1v) is 7.00. The van der Waals surface area contributed by atoms with Gasteiger partial charge in [-0.3, -0.25) is 4.79 Å². The van der Waals surface area contributed by atoms with E-state index < -0.39 is 11.6 Å². The average molecular weight is 287 g/mol. The second-order valence-electron chi connectivity index (χ2n) is 6.46. The van der Waals surface area contributed by atoms with E-state index in [9.17, 15) is 9.59 Å². The Morgan fingerprint density at radius 2 is 1.90 bits per heavy atom. The highest BCUT2D eigenvalue weighted by molar-refractivity contribution is 5.96. The number of carbonyl (C=O) groups is 2. The van der Waals surface area contributed by atoms with Crippen LogP contribution in [-0.4, -0.2) is 34.5 Å². The molecule has 1 aromatic carbocycles. The molecular weight excluding hydrogens is 266 g/mol. The van der Waals surface area contributed by atoms with Crippen molar-refractivity contribution in [3.63, 3.8) is 0 Å². The lowest BCUT2D eigenvalue weighted by molar-refractivity contribution is -0.195. The zero-order valence-corrected chi connectivity index (χ0v) is 12.9. The number of hydrogen-bond acceptors (Lipinski definition) is 3. The van der Waals surface area contributed by atoms with Crippen LogP contribution < -0.4 is 0 Å². The zero-order valence-electron chi connectivity index (χ0n) is 12.9. The summed E-state index contributed by atoms with van der Waals surface area (Å²) in [4.78, 5) is 25.7. The second-order valence-corrected chi connectivity index (χ2v) is 6.46. The quantitative estimate of drug-likeness (QED) is 0.488. The third kappa shape index (κ3) is 3.32. The molecule has 112 valence electrons. The number of amides is 1. The molecule has 1 fully saturated rings. The third-order valence-electron chi connectivity index (χ3n) is 3.50. The van der Waals surface area contributed by atoms with Gasteiger partial charge in [-0.2, -0.15) is 0 Å². The molecule has 0 aromatic heterocycles. The Hall–Kier alpha value is -2.10. The highest BCUT2D eigenvalue weighted by Crippen LogP contribution is 2.32. The maximum absolute atomic E-state index is 12.2. The Bertz CT molecular complexity index is 571. The molecule has 0 N–H and O–H groups in total. The van der Waals surface area contributed by atoms with Crippen molar-refractivity contribution in [1.29, 1.82) is 0 Å². The maximum Gasteiger partial charge on any atom is 0.331 e. The van der Waals surface area contributed by atoms with E-state index in [1.54, 1.807) is 17.9 Å². The van der Waals surface area contributed by atoms with Gasteiger partial charge in [0, 0.05) is 11.6 Å². The lowest BCUT2D eigenvalue weighted by Gasteiger charge is -2.51. The van der Waals surface area contributed by atoms with E-state index in [1.165, 1.54) is 6.08 Å². The minimum absolute atomic E-state index is 0.142. The fraction of sp³-hybridized carbons (Fsp3) is 0.412. The first-order valence-electron chi connectivity index (χ1n) is 7.00. The molecule has 0 radical (unpaired) electrons. The van der Waals surface area contributed by atoms with Gasteiger partial charge in [0.25, 0.3) is 5.91 Å². The van der Waals surface area contributed by atoms with Crippen LogP contribution in [0.5, 0.6) is 0 Å². The SMILES string of the molecule is CC(C)(C)N1C[C@](C)(OC(=O)/C=C/c2ccccc2)C1=O. The van der Waals surface area contributed by atoms with Gasteiger partial charge in [0.05, 0.1) is 6.54 Å². The Morgan fingerprint density at radius 1 is 1.29 bits per heavy atom. The monoisotopic (exact) mass is 287 g/mol. The second kappa shape index (κ2) is 5.35. The molecule has 0 spiro atoms. The molecule has 2 rings (SSSR count). The standard InChI is InChI=1S/C17H21NO3/c1-16(2,3)18-12-17(4,15(18)20)21-14(19)11-10-13-8-6-5-7-9-13/h5-11H,12H2,1-4H3/b11-10+/t17-/m0/s1. The van der Waals surface area contributed by atoms with Crippen molar-refractivity contribution in [2.24, 2.45) is 0 Å². The molecule has 1 amide bonds. The number of hydrogen-bond donors (Lipinski definition) is 0. The maximum atomic E-state index is 12.2. The van der Waals surface area contributed by atoms with Crippen molar-refractivity contribution in [3.05, 3.63) is 42.0 Å². The Labute approximate surface area is 125 Å². The summed E-state index contributed by atoms with van der Waals surface area (Å²) in [7, 11) is 0. The highest BCUT2D eigenvalue weighted by Gasteiger charge is 2.54. The van der Waals surface area contributed by atoms with Gasteiger partial charge in [-0.1, -0.05) is 30.3 Å². The number of carbonyl (C=O) groups excluding carboxylic acids is 2. The summed E-state index contributed by atoms with van der Waals surface area (Å²) in [6.45, 7) is 7.97. The number of ether oxygens (including phenoxy) is 1. The van der Waals surface area contributed by atoms with Gasteiger partial charge in [-0.15, -0.1) is 0 Å². The summed E-state index contributed by atoms with van der Waals surface area (Å²) in [5.41, 5.74) is -0.371. The molecule has 0 bridgehead atoms. The number of benzene rings is 1. The van der Waals surface area contributed by atoms with Gasteiger partial charge in [0.1, 0.15) is 0 Å². The fourth-order valence-corrected chi connectivity index (χ4v) is 2.24. The van der Waals surface area contributed by atoms with E-state index in [1.807, 2.05) is 51.1 Å². The summed E-state index contributed by atoms with van der Waals surface area (Å²) in [6.07, 6.45) is 3.03. The fourth-order valence-electron chi connectivity index (χ4n) is 2.24. The number of nitrogens with zero attached hydrogens (tertiary/aromatic N) is 1. The summed E-state index contributed by atoms with van der Waals surface area (Å²) >= 11 is 0. The number of β-lactam (4-membered cyclic amide) rings is 1. The van der Waals surface area contributed by atoms with E-state index >= 15 is 0 Å². The average Bonchev–Trinajstić information content (AvgIpc) is 2.42. The van der Waals surface area contributed by atoms with Gasteiger partial charge >= 0.3 is 5.97 Å². The molecule has 1 aliphatic heterocycles. The van der Waals surface area contributed by atoms with Crippen LogP contribution in [0.3, 0.4) is 0 Å². The molecule has 1 aromatic rings. The molecule has 21 heavy (non-hydrogen) atoms. The van der Waals surface area contributed by atoms with E-state index in [4.69, 9.17) is 4.74 Å². The summed E-state index contributed by atoms with van der Waals surface area (Å²) in [5.74, 6) is -0.639. The van der Waals surface area contributed by atoms with Crippen molar-refractivity contribution in [3.8, 4) is 0 Å². The van der Waals surface area contributed by atoms with E-state index in [2.05, 4.69) is 0 Å². The third-order valence-corrected chi connectivity index (χ3v) is 3.50. The molecule has 0 unspecified atom stereocenters. The van der Waals surface area contributed by atoms with Gasteiger partial charge in [0.2, 0.25) is 5.60 Å². The molecule has 1 heterocycles. The largest absolute Gasteiger partial charge is 0.444 e. The van der Waals surface area contributed by atoms with Crippen molar-refractivity contribution in [1.82, 2.24) is 4.90 Å². The van der Waals surface area contributed by atoms with Crippen LogP contribution >= 0.6 is 0 Å². The van der Waals surface area contributed by atoms with E-state index in [0.29, 0.717) is 6.54 Å². The van der Waals surface area contributed by atoms with Crippen molar-refractivity contribution in [2.75, 3.05) is 6.54 Å². The van der Waals surface area contributed by atoms with Crippen LogP contribution in [0.2, 0.25) is 0 Å². The van der Waals surface area contributed by atoms with Crippen molar-refractivity contribution in [2.45, 2.75) is 38.8 Å². The Kier molecular flexibility index (Phi) is 3.90. The smallest absolute Gasteiger partial charge is 0.331 e. The van der Waals surface area contributed by atoms with Crippen LogP contribution in [0, 0.1) is 0 Å². The minimum atomic E-state index is -1.04. The zero-order chi connectivity index (χ0) is 15.7. The van der Waals surface area contributed by atoms with Crippen LogP contribution in [0.1, 0.15) is 33.3 Å². The van der Waals surface area contributed by atoms with Gasteiger partial charge in [-0.05, 0) is 39.3 Å². The molecular formula is C17H21NO3. The van der Waals surface area contributed by atoms with Crippen LogP contribution in [-0.2, 0) is 14.3 Å². The first kappa shape index (κ1) is 15.3. The summed E-state index contributed by atoms with van der Waals surface area (Å²) in [6, 6.07) is 9.47. The Balaban J connectivity index is 1.95. The summed E-state index contributed by atoms with van der Waals surface area (Å²) in [5, 5.41) is 0. The van der Waals surface area contributed by atoms with E-state index in [-0.39, 0.29) is 11.4 Å². The first-order chi connectivity index (χ1) is 9.72. The minimum Gasteiger partial charge on any atom is -0.444 e. The number of esters is 1. The van der Waals surface area contributed by atoms with Gasteiger partial charge in [-0.25, -0.2) is 4.79 Å². The van der Waals surface area contributed by atoms with Crippen molar-refractivity contribution < 1.29 is 14.3 Å². The molecule has 1 aliphatic rings. The lowest BCUT2D eigenvalue weighted by Crippen LogP contribution is -2.71. The Morgan fingerprint density at radius 3 is 2.43 bits per heavy atom. The topological polar surface area (TPSA) is 46.6 Å². The molecule has 0 saturated carbocycles. The molecule has 4 nitrogen and oxygen atoms in total. The molecule has 1 atom stereocenters. The van der Waals surface area contributed by atoms with Gasteiger partial charge in [0.15, 0.2) is 0 Å². The van der Waals surface area contributed by atoms with E-state index in [0.717, 1.165) is 5.56 Å². The summed E-state index contributed by atoms with van der Waals surface area (Å²) < 4.78 is 5.32. The number of likely N-dealkylation sites (tertiary alicyclic amines) is 1. The number of rotatable bonds is 3. The molecule has 0 aliphatic carbocycles. The normalized spacial score (nSPS) is 22.3. The van der Waals surface area contributed by atoms with Crippen molar-refractivity contribution >= 4 is 18.0 Å². The van der Waals surface area contributed by atoms with Gasteiger partial charge < -0.3 is 9.64 Å². The molecule has 1 saturated heterocycles. The molecule has 4 heteroatoms. The highest BCUT2D eigenvalue weighted by atomic mass is 16.6. The predicted octanol–water partition coefficient (Wildman–Crippen LogP) is 2.64. The van der Waals surface area contributed by atoms with Crippen LogP contribution in [0.15, 0.2) is 36.4 Å². The lowest BCUT2D eigenvalue weighted by atomic mass is 9.88.